The summed E-state index contributed by atoms with van der Waals surface area (Å²) in [6.45, 7) is -3.84. The van der Waals surface area contributed by atoms with Crippen LogP contribution >= 0.6 is 23.5 Å². The van der Waals surface area contributed by atoms with Gasteiger partial charge in [-0.3, -0.25) is 9.35 Å². The minimum absolute atomic E-state index is 0.0175. The highest BCUT2D eigenvalue weighted by Crippen LogP contribution is 2.72. The predicted octanol–water partition coefficient (Wildman–Crippen LogP) is 4.21. The molecule has 42 heavy (non-hydrogen) atoms. The van der Waals surface area contributed by atoms with E-state index in [2.05, 4.69) is 14.2 Å². The summed E-state index contributed by atoms with van der Waals surface area (Å²) in [5.41, 5.74) is -2.81. The molecule has 4 bridgehead atoms. The molecular formula is C22H24F8O9S3. The number of carbonyl (C=O) groups is 3. The normalized spacial score (nSPS) is 30.2. The first-order valence-electron chi connectivity index (χ1n) is 12.3. The second kappa shape index (κ2) is 10.8. The number of carbonyl (C=O) groups excluding carboxylic acids is 3. The molecule has 0 radical (unpaired) electrons. The second-order valence-electron chi connectivity index (χ2n) is 11.3. The Balaban J connectivity index is 1.48. The van der Waals surface area contributed by atoms with Crippen molar-refractivity contribution in [2.24, 2.45) is 28.6 Å². The summed E-state index contributed by atoms with van der Waals surface area (Å²) in [6.07, 6.45) is -8.96. The molecule has 0 amide bonds. The molecule has 4 saturated carbocycles. The number of alkyl halides is 8. The quantitative estimate of drug-likeness (QED) is 0.171. The van der Waals surface area contributed by atoms with E-state index in [1.54, 1.807) is 0 Å². The second-order valence-corrected chi connectivity index (χ2v) is 15.6. The van der Waals surface area contributed by atoms with Crippen LogP contribution in [0.15, 0.2) is 0 Å². The molecule has 1 aliphatic heterocycles. The van der Waals surface area contributed by atoms with Crippen molar-refractivity contribution in [2.75, 3.05) is 31.3 Å². The molecule has 240 valence electrons. The van der Waals surface area contributed by atoms with Crippen molar-refractivity contribution in [1.29, 1.82) is 0 Å². The molecule has 1 N–H and O–H groups in total. The lowest BCUT2D eigenvalue weighted by atomic mass is 9.49. The van der Waals surface area contributed by atoms with Gasteiger partial charge < -0.3 is 14.2 Å². The first-order chi connectivity index (χ1) is 19.0. The van der Waals surface area contributed by atoms with E-state index in [1.807, 2.05) is 0 Å². The van der Waals surface area contributed by atoms with Gasteiger partial charge in [0.05, 0.1) is 14.9 Å². The van der Waals surface area contributed by atoms with Crippen LogP contribution in [0.3, 0.4) is 0 Å². The van der Waals surface area contributed by atoms with E-state index in [9.17, 15) is 57.9 Å². The van der Waals surface area contributed by atoms with Crippen LogP contribution in [0, 0.1) is 28.6 Å². The topological polar surface area (TPSA) is 133 Å². The lowest BCUT2D eigenvalue weighted by Gasteiger charge is -2.65. The van der Waals surface area contributed by atoms with Gasteiger partial charge in [0.1, 0.15) is 13.2 Å². The molecule has 20 heteroatoms. The van der Waals surface area contributed by atoms with Gasteiger partial charge in [0, 0.05) is 11.5 Å². The zero-order valence-electron chi connectivity index (χ0n) is 21.3. The molecular weight excluding hydrogens is 656 g/mol. The Morgan fingerprint density at radius 3 is 1.64 bits per heavy atom. The molecule has 9 nitrogen and oxygen atoms in total. The number of hydrogen-bond donors (Lipinski definition) is 1. The van der Waals surface area contributed by atoms with Crippen molar-refractivity contribution < 1.29 is 76.7 Å². The van der Waals surface area contributed by atoms with Crippen LogP contribution in [0.1, 0.15) is 32.1 Å². The van der Waals surface area contributed by atoms with E-state index >= 15 is 0 Å². The molecule has 1 spiro atoms. The Morgan fingerprint density at radius 1 is 0.786 bits per heavy atom. The van der Waals surface area contributed by atoms with Gasteiger partial charge in [0.15, 0.2) is 6.61 Å². The lowest BCUT2D eigenvalue weighted by Crippen LogP contribution is -2.62. The Bertz CT molecular complexity index is 1160. The van der Waals surface area contributed by atoms with Gasteiger partial charge in [-0.15, -0.1) is 23.5 Å². The number of esters is 3. The average molecular weight is 681 g/mol. The molecule has 0 aromatic carbocycles. The minimum atomic E-state index is -5.83. The van der Waals surface area contributed by atoms with Gasteiger partial charge in [0.2, 0.25) is 0 Å². The summed E-state index contributed by atoms with van der Waals surface area (Å²) in [6, 6.07) is 0. The maximum atomic E-state index is 13.7. The van der Waals surface area contributed by atoms with Gasteiger partial charge in [-0.2, -0.15) is 43.5 Å². The third-order valence-electron chi connectivity index (χ3n) is 8.20. The van der Waals surface area contributed by atoms with E-state index in [1.165, 1.54) is 23.5 Å². The number of ether oxygens (including phenoxy) is 3. The highest BCUT2D eigenvalue weighted by atomic mass is 32.2. The van der Waals surface area contributed by atoms with Crippen LogP contribution in [0.4, 0.5) is 35.1 Å². The molecule has 5 fully saturated rings. The van der Waals surface area contributed by atoms with Crippen molar-refractivity contribution in [3.8, 4) is 0 Å². The summed E-state index contributed by atoms with van der Waals surface area (Å²) in [5.74, 6) is -7.03. The number of halogens is 8. The number of hydrogen-bond acceptors (Lipinski definition) is 10. The fourth-order valence-corrected chi connectivity index (χ4v) is 10.7. The van der Waals surface area contributed by atoms with Gasteiger partial charge in [-0.25, -0.2) is 9.59 Å². The zero-order valence-corrected chi connectivity index (χ0v) is 23.7. The van der Waals surface area contributed by atoms with Crippen molar-refractivity contribution in [2.45, 2.75) is 53.8 Å². The fourth-order valence-electron chi connectivity index (χ4n) is 6.45. The molecule has 2 atom stereocenters. The SMILES string of the molecule is O=C(OCC1(COC(=O)C(F)(F)F)CSC2(SC1)C1CC3CC2CC(C(=O)OCC(F)(F)S(=O)(=O)O)(C3)C1)C(F)(F)F. The van der Waals surface area contributed by atoms with E-state index in [0.29, 0.717) is 19.3 Å². The van der Waals surface area contributed by atoms with Gasteiger partial charge in [-0.05, 0) is 49.9 Å². The molecule has 0 aromatic heterocycles. The highest BCUT2D eigenvalue weighted by molar-refractivity contribution is 8.18. The summed E-state index contributed by atoms with van der Waals surface area (Å²) in [5, 5.41) is -4.71. The third-order valence-corrected chi connectivity index (χ3v) is 13.5. The Morgan fingerprint density at radius 2 is 1.24 bits per heavy atom. The average Bonchev–Trinajstić information content (AvgIpc) is 2.86. The van der Waals surface area contributed by atoms with Crippen LogP contribution in [0.25, 0.3) is 0 Å². The summed E-state index contributed by atoms with van der Waals surface area (Å²) in [7, 11) is -5.83. The van der Waals surface area contributed by atoms with Crippen LogP contribution < -0.4 is 0 Å². The van der Waals surface area contributed by atoms with Crippen LogP contribution in [-0.4, -0.2) is 83.9 Å². The third kappa shape index (κ3) is 6.31. The predicted molar refractivity (Wildman–Crippen MR) is 128 cm³/mol. The number of thioether (sulfide) groups is 2. The largest absolute Gasteiger partial charge is 0.490 e. The van der Waals surface area contributed by atoms with E-state index in [0.717, 1.165) is 0 Å². The zero-order chi connectivity index (χ0) is 31.6. The van der Waals surface area contributed by atoms with Crippen molar-refractivity contribution in [1.82, 2.24) is 0 Å². The van der Waals surface area contributed by atoms with Crippen molar-refractivity contribution >= 4 is 51.5 Å². The molecule has 0 aromatic rings. The maximum Gasteiger partial charge on any atom is 0.490 e. The van der Waals surface area contributed by atoms with Crippen LogP contribution in [-0.2, 0) is 38.7 Å². The summed E-state index contributed by atoms with van der Waals surface area (Å²) < 4.78 is 147. The first-order valence-corrected chi connectivity index (χ1v) is 15.7. The minimum Gasteiger partial charge on any atom is -0.458 e. The highest BCUT2D eigenvalue weighted by Gasteiger charge is 2.67. The standard InChI is InChI=1S/C22H24F8O9S3/c23-19(24,42(34,35)36)8-39-14(31)18-3-11-1-12(4-18)20(13(2-11)5-18)40-9-17(10-41-20,6-37-15(32)21(25,26)27)7-38-16(33)22(28,29)30/h11-13H,1-10H2,(H,34,35,36). The van der Waals surface area contributed by atoms with Crippen LogP contribution in [0.2, 0.25) is 0 Å². The van der Waals surface area contributed by atoms with Gasteiger partial charge in [0.25, 0.3) is 0 Å². The Kier molecular flexibility index (Phi) is 8.59. The number of rotatable bonds is 8. The fraction of sp³-hybridized carbons (Fsp3) is 0.864. The Labute approximate surface area is 241 Å². The van der Waals surface area contributed by atoms with Crippen molar-refractivity contribution in [3.63, 3.8) is 0 Å². The molecule has 1 saturated heterocycles. The summed E-state index contributed by atoms with van der Waals surface area (Å²) >= 11 is 2.38. The Hall–Kier alpha value is -1.54. The smallest absolute Gasteiger partial charge is 0.458 e. The monoisotopic (exact) mass is 680 g/mol. The van der Waals surface area contributed by atoms with Gasteiger partial charge in [-0.1, -0.05) is 0 Å². The van der Waals surface area contributed by atoms with E-state index < -0.39 is 80.4 Å². The lowest BCUT2D eigenvalue weighted by molar-refractivity contribution is -0.208. The van der Waals surface area contributed by atoms with Crippen molar-refractivity contribution in [3.05, 3.63) is 0 Å². The molecule has 5 rings (SSSR count). The van der Waals surface area contributed by atoms with E-state index in [4.69, 9.17) is 4.55 Å². The van der Waals surface area contributed by atoms with Gasteiger partial charge >= 0.3 is 45.6 Å². The first kappa shape index (κ1) is 33.4. The molecule has 1 heterocycles. The molecule has 2 unspecified atom stereocenters. The molecule has 5 aliphatic rings. The van der Waals surface area contributed by atoms with E-state index in [-0.39, 0.29) is 42.1 Å². The maximum absolute atomic E-state index is 13.7. The summed E-state index contributed by atoms with van der Waals surface area (Å²) in [4.78, 5) is 35.6. The molecule has 4 aliphatic carbocycles. The van der Waals surface area contributed by atoms with Crippen LogP contribution in [0.5, 0.6) is 0 Å².